The summed E-state index contributed by atoms with van der Waals surface area (Å²) in [7, 11) is 0. The number of hydrogen-bond acceptors (Lipinski definition) is 4. The summed E-state index contributed by atoms with van der Waals surface area (Å²) in [6, 6.07) is 10.1. The first kappa shape index (κ1) is 16.8. The zero-order valence-electron chi connectivity index (χ0n) is 15.1. The van der Waals surface area contributed by atoms with Gasteiger partial charge in [0, 0.05) is 25.2 Å². The lowest BCUT2D eigenvalue weighted by molar-refractivity contribution is 0.541. The molecule has 0 aliphatic heterocycles. The Morgan fingerprint density at radius 2 is 1.96 bits per heavy atom. The van der Waals surface area contributed by atoms with Gasteiger partial charge < -0.3 is 14.3 Å². The van der Waals surface area contributed by atoms with Crippen molar-refractivity contribution in [3.63, 3.8) is 0 Å². The van der Waals surface area contributed by atoms with Gasteiger partial charge in [-0.2, -0.15) is 5.26 Å². The molecule has 3 rings (SSSR count). The monoisotopic (exact) mass is 334 g/mol. The van der Waals surface area contributed by atoms with E-state index >= 15 is 0 Å². The number of furan rings is 1. The van der Waals surface area contributed by atoms with Crippen molar-refractivity contribution in [1.29, 1.82) is 5.26 Å². The number of aromatic amines is 1. The molecule has 1 N–H and O–H groups in total. The van der Waals surface area contributed by atoms with E-state index in [1.54, 1.807) is 6.08 Å². The maximum atomic E-state index is 9.55. The van der Waals surface area contributed by atoms with Gasteiger partial charge in [0.15, 0.2) is 5.88 Å². The molecule has 128 valence electrons. The molecule has 0 spiro atoms. The molecule has 0 unspecified atom stereocenters. The molecule has 0 aliphatic carbocycles. The van der Waals surface area contributed by atoms with Crippen LogP contribution in [0.4, 0.5) is 5.88 Å². The standard InChI is InChI=1S/C20H22N4O/c1-5-24(6-2)19-8-7-16(25-19)11-15(12-21)20-22-17-9-13(3)14(4)10-18(17)23-20/h7-11H,5-6H2,1-4H3,(H,22,23)/b15-11+. The Morgan fingerprint density at radius 3 is 2.64 bits per heavy atom. The second-order valence-corrected chi connectivity index (χ2v) is 6.06. The number of imidazole rings is 1. The third kappa shape index (κ3) is 3.29. The number of aromatic nitrogens is 2. The van der Waals surface area contributed by atoms with E-state index in [4.69, 9.17) is 4.42 Å². The number of benzene rings is 1. The van der Waals surface area contributed by atoms with Crippen molar-refractivity contribution >= 4 is 28.6 Å². The van der Waals surface area contributed by atoms with E-state index in [9.17, 15) is 5.26 Å². The minimum atomic E-state index is 0.451. The van der Waals surface area contributed by atoms with E-state index < -0.39 is 0 Å². The number of aryl methyl sites for hydroxylation is 2. The average molecular weight is 334 g/mol. The highest BCUT2D eigenvalue weighted by molar-refractivity contribution is 5.90. The van der Waals surface area contributed by atoms with Gasteiger partial charge >= 0.3 is 0 Å². The van der Waals surface area contributed by atoms with E-state index in [0.29, 0.717) is 17.2 Å². The summed E-state index contributed by atoms with van der Waals surface area (Å²) >= 11 is 0. The molecule has 0 fully saturated rings. The van der Waals surface area contributed by atoms with Crippen LogP contribution in [0, 0.1) is 25.2 Å². The van der Waals surface area contributed by atoms with Crippen LogP contribution in [0.3, 0.4) is 0 Å². The van der Waals surface area contributed by atoms with Crippen LogP contribution in [0.1, 0.15) is 36.6 Å². The summed E-state index contributed by atoms with van der Waals surface area (Å²) in [6.45, 7) is 10.0. The molecule has 2 aromatic heterocycles. The van der Waals surface area contributed by atoms with Crippen molar-refractivity contribution in [1.82, 2.24) is 9.97 Å². The highest BCUT2D eigenvalue weighted by atomic mass is 16.4. The van der Waals surface area contributed by atoms with E-state index in [-0.39, 0.29) is 0 Å². The Balaban J connectivity index is 1.97. The van der Waals surface area contributed by atoms with Crippen molar-refractivity contribution in [2.75, 3.05) is 18.0 Å². The SMILES string of the molecule is CCN(CC)c1ccc(/C=C(\C#N)c2nc3cc(C)c(C)cc3[nH]2)o1. The number of fused-ring (bicyclic) bond motifs is 1. The molecular formula is C20H22N4O. The molecule has 2 heterocycles. The van der Waals surface area contributed by atoms with Crippen LogP contribution >= 0.6 is 0 Å². The normalized spacial score (nSPS) is 11.7. The Morgan fingerprint density at radius 1 is 1.24 bits per heavy atom. The van der Waals surface area contributed by atoms with Gasteiger partial charge in [0.25, 0.3) is 0 Å². The van der Waals surface area contributed by atoms with Crippen molar-refractivity contribution < 1.29 is 4.42 Å². The molecule has 3 aromatic rings. The zero-order valence-corrected chi connectivity index (χ0v) is 15.1. The topological polar surface area (TPSA) is 68.8 Å². The molecule has 1 aromatic carbocycles. The molecular weight excluding hydrogens is 312 g/mol. The molecule has 25 heavy (non-hydrogen) atoms. The fourth-order valence-corrected chi connectivity index (χ4v) is 2.82. The molecule has 5 heteroatoms. The highest BCUT2D eigenvalue weighted by Crippen LogP contribution is 2.24. The lowest BCUT2D eigenvalue weighted by atomic mass is 10.1. The van der Waals surface area contributed by atoms with E-state index in [1.165, 1.54) is 11.1 Å². The third-order valence-electron chi connectivity index (χ3n) is 4.45. The van der Waals surface area contributed by atoms with Crippen molar-refractivity contribution in [2.24, 2.45) is 0 Å². The molecule has 0 amide bonds. The third-order valence-corrected chi connectivity index (χ3v) is 4.45. The Bertz CT molecular complexity index is 928. The number of anilines is 1. The van der Waals surface area contributed by atoms with Gasteiger partial charge in [-0.05, 0) is 57.0 Å². The minimum absolute atomic E-state index is 0.451. The van der Waals surface area contributed by atoms with Crippen LogP contribution in [0.2, 0.25) is 0 Å². The smallest absolute Gasteiger partial charge is 0.196 e. The van der Waals surface area contributed by atoms with Gasteiger partial charge in [-0.15, -0.1) is 0 Å². The van der Waals surface area contributed by atoms with Crippen molar-refractivity contribution in [3.05, 3.63) is 47.0 Å². The lowest BCUT2D eigenvalue weighted by Gasteiger charge is -2.16. The summed E-state index contributed by atoms with van der Waals surface area (Å²) in [4.78, 5) is 9.91. The quantitative estimate of drug-likeness (QED) is 0.688. The van der Waals surface area contributed by atoms with E-state index in [1.807, 2.05) is 18.2 Å². The number of H-pyrrole nitrogens is 1. The van der Waals surface area contributed by atoms with Gasteiger partial charge in [-0.25, -0.2) is 4.98 Å². The van der Waals surface area contributed by atoms with Crippen LogP contribution in [0.15, 0.2) is 28.7 Å². The largest absolute Gasteiger partial charge is 0.441 e. The second kappa shape index (κ2) is 6.86. The molecule has 0 saturated heterocycles. The zero-order chi connectivity index (χ0) is 18.0. The Labute approximate surface area is 147 Å². The predicted octanol–water partition coefficient (Wildman–Crippen LogP) is 4.68. The lowest BCUT2D eigenvalue weighted by Crippen LogP contribution is -2.20. The maximum absolute atomic E-state index is 9.55. The van der Waals surface area contributed by atoms with Gasteiger partial charge in [-0.1, -0.05) is 0 Å². The first-order chi connectivity index (χ1) is 12.0. The van der Waals surface area contributed by atoms with Gasteiger partial charge in [0.2, 0.25) is 0 Å². The molecule has 0 bridgehead atoms. The summed E-state index contributed by atoms with van der Waals surface area (Å²) in [5.74, 6) is 2.01. The van der Waals surface area contributed by atoms with E-state index in [2.05, 4.69) is 54.7 Å². The van der Waals surface area contributed by atoms with Crippen LogP contribution in [0.5, 0.6) is 0 Å². The van der Waals surface area contributed by atoms with E-state index in [0.717, 1.165) is 30.0 Å². The average Bonchev–Trinajstić information content (AvgIpc) is 3.21. The fourth-order valence-electron chi connectivity index (χ4n) is 2.82. The minimum Gasteiger partial charge on any atom is -0.441 e. The Kier molecular flexibility index (Phi) is 4.62. The van der Waals surface area contributed by atoms with Crippen molar-refractivity contribution in [2.45, 2.75) is 27.7 Å². The molecule has 0 atom stereocenters. The maximum Gasteiger partial charge on any atom is 0.196 e. The van der Waals surface area contributed by atoms with Gasteiger partial charge in [-0.3, -0.25) is 0 Å². The van der Waals surface area contributed by atoms with Crippen LogP contribution in [-0.2, 0) is 0 Å². The molecule has 0 aliphatic rings. The predicted molar refractivity (Wildman–Crippen MR) is 101 cm³/mol. The summed E-state index contributed by atoms with van der Waals surface area (Å²) < 4.78 is 5.85. The number of allylic oxidation sites excluding steroid dienone is 1. The summed E-state index contributed by atoms with van der Waals surface area (Å²) in [5.41, 5.74) is 4.63. The number of hydrogen-bond donors (Lipinski definition) is 1. The van der Waals surface area contributed by atoms with Gasteiger partial charge in [0.1, 0.15) is 17.7 Å². The molecule has 0 radical (unpaired) electrons. The Hall–Kier alpha value is -3.00. The number of nitrogens with one attached hydrogen (secondary N) is 1. The highest BCUT2D eigenvalue weighted by Gasteiger charge is 2.11. The summed E-state index contributed by atoms with van der Waals surface area (Å²) in [6.07, 6.45) is 1.73. The second-order valence-electron chi connectivity index (χ2n) is 6.06. The first-order valence-corrected chi connectivity index (χ1v) is 8.49. The van der Waals surface area contributed by atoms with Crippen molar-refractivity contribution in [3.8, 4) is 6.07 Å². The molecule has 0 saturated carbocycles. The van der Waals surface area contributed by atoms with Crippen LogP contribution < -0.4 is 4.90 Å². The first-order valence-electron chi connectivity index (χ1n) is 8.49. The fraction of sp³-hybridized carbons (Fsp3) is 0.300. The number of nitrogens with zero attached hydrogens (tertiary/aromatic N) is 3. The summed E-state index contributed by atoms with van der Waals surface area (Å²) in [5, 5.41) is 9.55. The number of nitriles is 1. The van der Waals surface area contributed by atoms with Crippen LogP contribution in [0.25, 0.3) is 22.7 Å². The van der Waals surface area contributed by atoms with Gasteiger partial charge in [0.05, 0.1) is 16.6 Å². The number of rotatable bonds is 5. The van der Waals surface area contributed by atoms with Crippen LogP contribution in [-0.4, -0.2) is 23.1 Å². The molecule has 5 nitrogen and oxygen atoms in total.